The van der Waals surface area contributed by atoms with Gasteiger partial charge in [0.25, 0.3) is 0 Å². The molecule has 0 radical (unpaired) electrons. The molecule has 0 heterocycles. The van der Waals surface area contributed by atoms with Crippen molar-refractivity contribution < 1.29 is 0 Å². The number of hydrogen-bond donors (Lipinski definition) is 0. The summed E-state index contributed by atoms with van der Waals surface area (Å²) in [5.41, 5.74) is 0.750. The summed E-state index contributed by atoms with van der Waals surface area (Å²) in [7, 11) is 0. The standard InChI is InChI=1S/C5H10.C4H10/c1-5(2)3-4-5;1-4(2)3/h3-4H2,1-2H3;4H,1-3H3. The molecule has 0 atom stereocenters. The maximum absolute atomic E-state index is 2.30. The molecule has 0 spiro atoms. The van der Waals surface area contributed by atoms with Crippen LogP contribution in [0.1, 0.15) is 47.5 Å². The average Bonchev–Trinajstić information content (AvgIpc) is 2.16. The lowest BCUT2D eigenvalue weighted by Gasteiger charge is -1.86. The first-order valence-corrected chi connectivity index (χ1v) is 3.94. The maximum Gasteiger partial charge on any atom is -0.0354 e. The van der Waals surface area contributed by atoms with Gasteiger partial charge in [0.05, 0.1) is 0 Å². The Morgan fingerprint density at radius 1 is 1.00 bits per heavy atom. The minimum Gasteiger partial charge on any atom is -0.0630 e. The van der Waals surface area contributed by atoms with Crippen LogP contribution in [0.5, 0.6) is 0 Å². The average molecular weight is 128 g/mol. The molecule has 0 aromatic rings. The van der Waals surface area contributed by atoms with Gasteiger partial charge in [-0.1, -0.05) is 34.6 Å². The predicted octanol–water partition coefficient (Wildman–Crippen LogP) is 3.47. The van der Waals surface area contributed by atoms with Crippen LogP contribution in [0.15, 0.2) is 0 Å². The van der Waals surface area contributed by atoms with E-state index in [1.54, 1.807) is 0 Å². The zero-order valence-corrected chi connectivity index (χ0v) is 7.49. The summed E-state index contributed by atoms with van der Waals surface area (Å²) in [5, 5.41) is 0. The molecule has 0 aromatic carbocycles. The van der Waals surface area contributed by atoms with E-state index in [-0.39, 0.29) is 0 Å². The van der Waals surface area contributed by atoms with Crippen molar-refractivity contribution in [1.82, 2.24) is 0 Å². The SMILES string of the molecule is CC(C)C.CC1(C)CC1. The van der Waals surface area contributed by atoms with Crippen LogP contribution in [0.4, 0.5) is 0 Å². The molecule has 0 nitrogen and oxygen atoms in total. The van der Waals surface area contributed by atoms with Gasteiger partial charge in [0.1, 0.15) is 0 Å². The number of hydrogen-bond acceptors (Lipinski definition) is 0. The van der Waals surface area contributed by atoms with Gasteiger partial charge in [-0.15, -0.1) is 0 Å². The first-order valence-electron chi connectivity index (χ1n) is 3.94. The van der Waals surface area contributed by atoms with Crippen LogP contribution < -0.4 is 0 Å². The van der Waals surface area contributed by atoms with E-state index in [0.717, 1.165) is 11.3 Å². The largest absolute Gasteiger partial charge is 0.0630 e. The molecule has 0 amide bonds. The molecule has 0 unspecified atom stereocenters. The fourth-order valence-corrected chi connectivity index (χ4v) is 0.250. The van der Waals surface area contributed by atoms with E-state index in [1.165, 1.54) is 12.8 Å². The molecule has 0 bridgehead atoms. The third-order valence-electron chi connectivity index (χ3n) is 1.25. The molecule has 1 saturated carbocycles. The van der Waals surface area contributed by atoms with Crippen LogP contribution in [-0.4, -0.2) is 0 Å². The molecule has 0 saturated heterocycles. The Bertz CT molecular complexity index is 61.4. The van der Waals surface area contributed by atoms with Crippen LogP contribution in [0, 0.1) is 11.3 Å². The van der Waals surface area contributed by atoms with Crippen molar-refractivity contribution in [3.8, 4) is 0 Å². The molecule has 1 aliphatic rings. The van der Waals surface area contributed by atoms with Gasteiger partial charge in [-0.2, -0.15) is 0 Å². The molecule has 9 heavy (non-hydrogen) atoms. The molecule has 0 heteroatoms. The summed E-state index contributed by atoms with van der Waals surface area (Å²) in [6, 6.07) is 0. The lowest BCUT2D eigenvalue weighted by atomic mass is 10.2. The van der Waals surface area contributed by atoms with Crippen molar-refractivity contribution in [2.24, 2.45) is 11.3 Å². The molecular formula is C9H20. The van der Waals surface area contributed by atoms with E-state index in [9.17, 15) is 0 Å². The molecule has 1 rings (SSSR count). The minimum absolute atomic E-state index is 0.750. The Labute approximate surface area is 59.7 Å². The van der Waals surface area contributed by atoms with Crippen LogP contribution in [0.2, 0.25) is 0 Å². The number of rotatable bonds is 0. The monoisotopic (exact) mass is 128 g/mol. The van der Waals surface area contributed by atoms with E-state index in [0.29, 0.717) is 0 Å². The summed E-state index contributed by atoms with van der Waals surface area (Å²) < 4.78 is 0. The van der Waals surface area contributed by atoms with Gasteiger partial charge in [-0.25, -0.2) is 0 Å². The molecule has 0 aromatic heterocycles. The fraction of sp³-hybridized carbons (Fsp3) is 1.00. The van der Waals surface area contributed by atoms with Gasteiger partial charge in [-0.3, -0.25) is 0 Å². The van der Waals surface area contributed by atoms with E-state index in [2.05, 4.69) is 34.6 Å². The van der Waals surface area contributed by atoms with Crippen molar-refractivity contribution in [1.29, 1.82) is 0 Å². The molecule has 0 aliphatic heterocycles. The third kappa shape index (κ3) is 11.5. The van der Waals surface area contributed by atoms with Crippen LogP contribution >= 0.6 is 0 Å². The summed E-state index contributed by atoms with van der Waals surface area (Å²) in [6.45, 7) is 11.1. The smallest absolute Gasteiger partial charge is 0.0354 e. The van der Waals surface area contributed by atoms with Crippen molar-refractivity contribution in [3.05, 3.63) is 0 Å². The highest BCUT2D eigenvalue weighted by molar-refractivity contribution is 4.82. The Hall–Kier alpha value is 0. The second kappa shape index (κ2) is 3.24. The highest BCUT2D eigenvalue weighted by atomic mass is 14.4. The molecular weight excluding hydrogens is 108 g/mol. The predicted molar refractivity (Wildman–Crippen MR) is 43.5 cm³/mol. The second-order valence-electron chi connectivity index (χ2n) is 4.40. The van der Waals surface area contributed by atoms with Gasteiger partial charge >= 0.3 is 0 Å². The lowest BCUT2D eigenvalue weighted by Crippen LogP contribution is -1.75. The Morgan fingerprint density at radius 2 is 1.11 bits per heavy atom. The van der Waals surface area contributed by atoms with Crippen molar-refractivity contribution in [2.75, 3.05) is 0 Å². The van der Waals surface area contributed by atoms with Gasteiger partial charge in [0, 0.05) is 0 Å². The lowest BCUT2D eigenvalue weighted by molar-refractivity contribution is 0.653. The van der Waals surface area contributed by atoms with Gasteiger partial charge < -0.3 is 0 Å². The van der Waals surface area contributed by atoms with Crippen LogP contribution in [0.3, 0.4) is 0 Å². The van der Waals surface area contributed by atoms with Gasteiger partial charge in [0.15, 0.2) is 0 Å². The van der Waals surface area contributed by atoms with Crippen molar-refractivity contribution in [3.63, 3.8) is 0 Å². The normalized spacial score (nSPS) is 20.7. The first-order chi connectivity index (χ1) is 3.94. The van der Waals surface area contributed by atoms with E-state index in [4.69, 9.17) is 0 Å². The summed E-state index contributed by atoms with van der Waals surface area (Å²) in [4.78, 5) is 0. The van der Waals surface area contributed by atoms with Gasteiger partial charge in [0.2, 0.25) is 0 Å². The Morgan fingerprint density at radius 3 is 1.11 bits per heavy atom. The van der Waals surface area contributed by atoms with E-state index in [1.807, 2.05) is 0 Å². The molecule has 56 valence electrons. The van der Waals surface area contributed by atoms with Gasteiger partial charge in [-0.05, 0) is 24.2 Å². The molecule has 1 aliphatic carbocycles. The van der Waals surface area contributed by atoms with Crippen molar-refractivity contribution >= 4 is 0 Å². The van der Waals surface area contributed by atoms with E-state index < -0.39 is 0 Å². The first kappa shape index (κ1) is 9.00. The van der Waals surface area contributed by atoms with Crippen LogP contribution in [-0.2, 0) is 0 Å². The highest BCUT2D eigenvalue weighted by Gasteiger charge is 2.30. The molecule has 1 fully saturated rings. The maximum atomic E-state index is 2.30. The Balaban J connectivity index is 0.000000148. The third-order valence-corrected chi connectivity index (χ3v) is 1.25. The summed E-state index contributed by atoms with van der Waals surface area (Å²) in [6.07, 6.45) is 2.90. The summed E-state index contributed by atoms with van der Waals surface area (Å²) in [5.74, 6) is 0.833. The molecule has 0 N–H and O–H groups in total. The van der Waals surface area contributed by atoms with E-state index >= 15 is 0 Å². The van der Waals surface area contributed by atoms with Crippen LogP contribution in [0.25, 0.3) is 0 Å². The zero-order valence-electron chi connectivity index (χ0n) is 7.49. The summed E-state index contributed by atoms with van der Waals surface area (Å²) >= 11 is 0. The zero-order chi connectivity index (χ0) is 7.49. The topological polar surface area (TPSA) is 0 Å². The minimum atomic E-state index is 0.750. The van der Waals surface area contributed by atoms with Crippen molar-refractivity contribution in [2.45, 2.75) is 47.5 Å². The quantitative estimate of drug-likeness (QED) is 0.468. The Kier molecular flexibility index (Phi) is 3.24. The fourth-order valence-electron chi connectivity index (χ4n) is 0.250. The highest BCUT2D eigenvalue weighted by Crippen LogP contribution is 2.43. The second-order valence-corrected chi connectivity index (χ2v) is 4.40.